The second kappa shape index (κ2) is 8.39. The van der Waals surface area contributed by atoms with Gasteiger partial charge < -0.3 is 13.9 Å². The van der Waals surface area contributed by atoms with Gasteiger partial charge >= 0.3 is 0 Å². The number of hydrogen-bond acceptors (Lipinski definition) is 7. The highest BCUT2D eigenvalue weighted by Crippen LogP contribution is 2.34. The highest BCUT2D eigenvalue weighted by Gasteiger charge is 2.22. The summed E-state index contributed by atoms with van der Waals surface area (Å²) in [5.41, 5.74) is 0.637. The van der Waals surface area contributed by atoms with Crippen LogP contribution in [0, 0.1) is 11.6 Å². The number of ether oxygens (including phenoxy) is 2. The third-order valence-electron chi connectivity index (χ3n) is 3.90. The molecule has 1 atom stereocenters. The monoisotopic (exact) mass is 406 g/mol. The Morgan fingerprint density at radius 3 is 2.54 bits per heavy atom. The van der Waals surface area contributed by atoms with Gasteiger partial charge in [0.2, 0.25) is 0 Å². The predicted octanol–water partition coefficient (Wildman–Crippen LogP) is 4.40. The number of nitrogens with zero attached hydrogens (tertiary/aromatic N) is 2. The molecule has 0 fully saturated rings. The van der Waals surface area contributed by atoms with E-state index in [2.05, 4.69) is 10.2 Å². The molecule has 9 heteroatoms. The van der Waals surface area contributed by atoms with Gasteiger partial charge in [-0.2, -0.15) is 0 Å². The summed E-state index contributed by atoms with van der Waals surface area (Å²) in [6.45, 7) is 1.62. The molecule has 1 aromatic heterocycles. The van der Waals surface area contributed by atoms with Crippen LogP contribution < -0.4 is 9.47 Å². The van der Waals surface area contributed by atoms with Crippen LogP contribution in [0.2, 0.25) is 0 Å². The van der Waals surface area contributed by atoms with Gasteiger partial charge in [0.15, 0.2) is 17.4 Å². The second-order valence-electron chi connectivity index (χ2n) is 5.69. The molecule has 0 aliphatic heterocycles. The van der Waals surface area contributed by atoms with Crippen molar-refractivity contribution in [1.82, 2.24) is 10.2 Å². The van der Waals surface area contributed by atoms with E-state index in [1.54, 1.807) is 32.2 Å². The fraction of sp³-hybridized carbons (Fsp3) is 0.211. The smallest absolute Gasteiger partial charge is 0.277 e. The molecule has 0 bridgehead atoms. The maximum absolute atomic E-state index is 13.4. The van der Waals surface area contributed by atoms with E-state index < -0.39 is 16.9 Å². The quantitative estimate of drug-likeness (QED) is 0.425. The third-order valence-corrected chi connectivity index (χ3v) is 4.83. The van der Waals surface area contributed by atoms with Gasteiger partial charge in [-0.25, -0.2) is 8.78 Å². The first-order valence-electron chi connectivity index (χ1n) is 8.14. The zero-order valence-electron chi connectivity index (χ0n) is 15.2. The average Bonchev–Trinajstić information content (AvgIpc) is 3.17. The number of aromatic nitrogens is 2. The fourth-order valence-electron chi connectivity index (χ4n) is 2.43. The van der Waals surface area contributed by atoms with Crippen LogP contribution in [-0.2, 0) is 0 Å². The first-order valence-corrected chi connectivity index (χ1v) is 9.02. The van der Waals surface area contributed by atoms with Gasteiger partial charge in [0, 0.05) is 11.6 Å². The topological polar surface area (TPSA) is 74.5 Å². The van der Waals surface area contributed by atoms with E-state index in [1.807, 2.05) is 0 Å². The van der Waals surface area contributed by atoms with Gasteiger partial charge in [-0.3, -0.25) is 4.79 Å². The lowest BCUT2D eigenvalue weighted by Gasteiger charge is -2.08. The normalized spacial score (nSPS) is 11.9. The number of carbonyl (C=O) groups is 1. The minimum atomic E-state index is -1.07. The van der Waals surface area contributed by atoms with Crippen molar-refractivity contribution in [2.45, 2.75) is 17.4 Å². The number of ketones is 1. The van der Waals surface area contributed by atoms with E-state index in [4.69, 9.17) is 13.9 Å². The molecule has 28 heavy (non-hydrogen) atoms. The predicted molar refractivity (Wildman–Crippen MR) is 98.8 cm³/mol. The largest absolute Gasteiger partial charge is 0.497 e. The Bertz CT molecular complexity index is 1010. The van der Waals surface area contributed by atoms with Gasteiger partial charge in [-0.05, 0) is 37.3 Å². The highest BCUT2D eigenvalue weighted by molar-refractivity contribution is 8.00. The molecule has 0 aliphatic rings. The van der Waals surface area contributed by atoms with Gasteiger partial charge in [-0.15, -0.1) is 10.2 Å². The first kappa shape index (κ1) is 19.8. The van der Waals surface area contributed by atoms with E-state index in [9.17, 15) is 13.6 Å². The third kappa shape index (κ3) is 4.14. The molecule has 0 spiro atoms. The Morgan fingerprint density at radius 2 is 1.86 bits per heavy atom. The zero-order valence-corrected chi connectivity index (χ0v) is 16.0. The van der Waals surface area contributed by atoms with Gasteiger partial charge in [0.1, 0.15) is 11.5 Å². The lowest BCUT2D eigenvalue weighted by Crippen LogP contribution is -2.14. The van der Waals surface area contributed by atoms with Crippen LogP contribution in [-0.4, -0.2) is 35.5 Å². The fourth-order valence-corrected chi connectivity index (χ4v) is 3.19. The SMILES string of the molecule is COc1ccc(-c2nnc(S[C@H](C)C(=O)c3ccc(F)c(F)c3)o2)c(OC)c1. The number of hydrogen-bond donors (Lipinski definition) is 0. The van der Waals surface area contributed by atoms with Crippen LogP contribution in [0.3, 0.4) is 0 Å². The van der Waals surface area contributed by atoms with Crippen LogP contribution >= 0.6 is 11.8 Å². The molecule has 0 radical (unpaired) electrons. The number of thioether (sulfide) groups is 1. The minimum absolute atomic E-state index is 0.0652. The number of rotatable bonds is 7. The van der Waals surface area contributed by atoms with Crippen LogP contribution in [0.5, 0.6) is 11.5 Å². The molecule has 0 N–H and O–H groups in total. The molecular formula is C19H16F2N2O4S. The Morgan fingerprint density at radius 1 is 1.07 bits per heavy atom. The maximum atomic E-state index is 13.4. The standard InChI is InChI=1S/C19H16F2N2O4S/c1-10(17(24)11-4-7-14(20)15(21)8-11)28-19-23-22-18(27-19)13-6-5-12(25-2)9-16(13)26-3/h4-10H,1-3H3/t10-/m1/s1. The van der Waals surface area contributed by atoms with Gasteiger partial charge in [0.25, 0.3) is 11.1 Å². The van der Waals surface area contributed by atoms with E-state index >= 15 is 0 Å². The second-order valence-corrected chi connectivity index (χ2v) is 6.98. The molecule has 0 unspecified atom stereocenters. The van der Waals surface area contributed by atoms with Crippen molar-refractivity contribution >= 4 is 17.5 Å². The van der Waals surface area contributed by atoms with Crippen molar-refractivity contribution in [3.05, 3.63) is 53.6 Å². The molecule has 3 aromatic rings. The van der Waals surface area contributed by atoms with Crippen LogP contribution in [0.4, 0.5) is 8.78 Å². The summed E-state index contributed by atoms with van der Waals surface area (Å²) in [5, 5.41) is 7.43. The molecule has 0 saturated heterocycles. The number of benzene rings is 2. The lowest BCUT2D eigenvalue weighted by molar-refractivity contribution is 0.0993. The van der Waals surface area contributed by atoms with Crippen LogP contribution in [0.15, 0.2) is 46.0 Å². The summed E-state index contributed by atoms with van der Waals surface area (Å²) in [4.78, 5) is 12.4. The average molecular weight is 406 g/mol. The zero-order chi connectivity index (χ0) is 20.3. The molecular weight excluding hydrogens is 390 g/mol. The first-order chi connectivity index (χ1) is 13.4. The van der Waals surface area contributed by atoms with Gasteiger partial charge in [-0.1, -0.05) is 11.8 Å². The van der Waals surface area contributed by atoms with Gasteiger partial charge in [0.05, 0.1) is 25.0 Å². The summed E-state index contributed by atoms with van der Waals surface area (Å²) < 4.78 is 42.5. The number of carbonyl (C=O) groups excluding carboxylic acids is 1. The Balaban J connectivity index is 1.77. The summed E-state index contributed by atoms with van der Waals surface area (Å²) in [6.07, 6.45) is 0. The molecule has 6 nitrogen and oxygen atoms in total. The van der Waals surface area contributed by atoms with E-state index in [0.29, 0.717) is 17.1 Å². The van der Waals surface area contributed by atoms with E-state index in [-0.39, 0.29) is 22.5 Å². The summed E-state index contributed by atoms with van der Waals surface area (Å²) in [7, 11) is 3.05. The Labute approximate surface area is 163 Å². The molecule has 0 saturated carbocycles. The van der Waals surface area contributed by atoms with Crippen molar-refractivity contribution in [2.75, 3.05) is 14.2 Å². The maximum Gasteiger partial charge on any atom is 0.277 e. The highest BCUT2D eigenvalue weighted by atomic mass is 32.2. The summed E-state index contributed by atoms with van der Waals surface area (Å²) in [5.74, 6) is -1.15. The molecule has 0 amide bonds. The number of halogens is 2. The van der Waals surface area contributed by atoms with Crippen LogP contribution in [0.25, 0.3) is 11.5 Å². The van der Waals surface area contributed by atoms with Crippen molar-refractivity contribution < 1.29 is 27.5 Å². The van der Waals surface area contributed by atoms with Crippen molar-refractivity contribution in [3.63, 3.8) is 0 Å². The Hall–Kier alpha value is -2.94. The number of Topliss-reactive ketones (excluding diaryl/α,β-unsaturated/α-hetero) is 1. The molecule has 1 heterocycles. The molecule has 0 aliphatic carbocycles. The van der Waals surface area contributed by atoms with E-state index in [1.165, 1.54) is 13.2 Å². The Kier molecular flexibility index (Phi) is 5.93. The van der Waals surface area contributed by atoms with Crippen LogP contribution in [0.1, 0.15) is 17.3 Å². The van der Waals surface area contributed by atoms with Crippen molar-refractivity contribution in [1.29, 1.82) is 0 Å². The number of methoxy groups -OCH3 is 2. The molecule has 146 valence electrons. The van der Waals surface area contributed by atoms with E-state index in [0.717, 1.165) is 23.9 Å². The lowest BCUT2D eigenvalue weighted by atomic mass is 10.1. The van der Waals surface area contributed by atoms with Crippen molar-refractivity contribution in [3.8, 4) is 23.0 Å². The van der Waals surface area contributed by atoms with Crippen molar-refractivity contribution in [2.24, 2.45) is 0 Å². The molecule has 3 rings (SSSR count). The molecule has 2 aromatic carbocycles. The summed E-state index contributed by atoms with van der Waals surface area (Å²) >= 11 is 1.02. The minimum Gasteiger partial charge on any atom is -0.497 e. The summed E-state index contributed by atoms with van der Waals surface area (Å²) in [6, 6.07) is 8.15.